The summed E-state index contributed by atoms with van der Waals surface area (Å²) in [6, 6.07) is 6.88. The summed E-state index contributed by atoms with van der Waals surface area (Å²) in [6.07, 6.45) is 4.46. The normalized spacial score (nSPS) is 12.4. The Hall–Kier alpha value is -1.93. The molecule has 0 saturated heterocycles. The standard InChI is InChI=1S/C17H23NO3/c1-5-6-7-15(18-12-19)13-8-10-14(11-9-13)16(20)21-17(2,3)4/h8-11,15H,5-7H2,1-4H3. The summed E-state index contributed by atoms with van der Waals surface area (Å²) < 4.78 is 5.31. The van der Waals surface area contributed by atoms with Crippen LogP contribution in [-0.4, -0.2) is 17.7 Å². The Labute approximate surface area is 126 Å². The van der Waals surface area contributed by atoms with Gasteiger partial charge in [-0.2, -0.15) is 4.99 Å². The van der Waals surface area contributed by atoms with Gasteiger partial charge in [-0.25, -0.2) is 9.59 Å². The lowest BCUT2D eigenvalue weighted by Crippen LogP contribution is -2.23. The van der Waals surface area contributed by atoms with Crippen molar-refractivity contribution in [3.8, 4) is 0 Å². The number of hydrogen-bond acceptors (Lipinski definition) is 4. The largest absolute Gasteiger partial charge is 0.456 e. The monoisotopic (exact) mass is 289 g/mol. The molecule has 0 fully saturated rings. The second kappa shape index (κ2) is 7.75. The molecule has 114 valence electrons. The number of carbonyl (C=O) groups excluding carboxylic acids is 2. The van der Waals surface area contributed by atoms with Gasteiger partial charge in [0.25, 0.3) is 0 Å². The van der Waals surface area contributed by atoms with Crippen LogP contribution in [0.3, 0.4) is 0 Å². The van der Waals surface area contributed by atoms with E-state index in [0.29, 0.717) is 5.56 Å². The maximum atomic E-state index is 11.9. The molecule has 0 heterocycles. The number of unbranched alkanes of at least 4 members (excludes halogenated alkanes) is 1. The Bertz CT molecular complexity index is 508. The van der Waals surface area contributed by atoms with Crippen LogP contribution >= 0.6 is 0 Å². The van der Waals surface area contributed by atoms with Crippen LogP contribution in [0.25, 0.3) is 0 Å². The summed E-state index contributed by atoms with van der Waals surface area (Å²) in [6.45, 7) is 7.59. The lowest BCUT2D eigenvalue weighted by molar-refractivity contribution is 0.00695. The van der Waals surface area contributed by atoms with Gasteiger partial charge in [0.2, 0.25) is 6.08 Å². The zero-order chi connectivity index (χ0) is 15.9. The maximum absolute atomic E-state index is 11.9. The smallest absolute Gasteiger partial charge is 0.338 e. The van der Waals surface area contributed by atoms with Gasteiger partial charge in [0.15, 0.2) is 0 Å². The molecule has 1 aromatic rings. The highest BCUT2D eigenvalue weighted by Gasteiger charge is 2.18. The summed E-state index contributed by atoms with van der Waals surface area (Å²) in [5.74, 6) is -0.349. The van der Waals surface area contributed by atoms with E-state index in [2.05, 4.69) is 11.9 Å². The minimum absolute atomic E-state index is 0.185. The van der Waals surface area contributed by atoms with Crippen molar-refractivity contribution in [2.75, 3.05) is 0 Å². The van der Waals surface area contributed by atoms with Crippen LogP contribution in [-0.2, 0) is 9.53 Å². The van der Waals surface area contributed by atoms with E-state index in [1.54, 1.807) is 18.2 Å². The van der Waals surface area contributed by atoms with Gasteiger partial charge in [-0.15, -0.1) is 0 Å². The lowest BCUT2D eigenvalue weighted by atomic mass is 10.0. The van der Waals surface area contributed by atoms with E-state index in [4.69, 9.17) is 4.74 Å². The van der Waals surface area contributed by atoms with E-state index < -0.39 is 5.60 Å². The molecule has 4 heteroatoms. The number of benzene rings is 1. The number of nitrogens with zero attached hydrogens (tertiary/aromatic N) is 1. The zero-order valence-electron chi connectivity index (χ0n) is 13.2. The van der Waals surface area contributed by atoms with Crippen LogP contribution in [0.5, 0.6) is 0 Å². The molecule has 0 aliphatic heterocycles. The van der Waals surface area contributed by atoms with E-state index in [1.165, 1.54) is 0 Å². The molecule has 1 aromatic carbocycles. The fourth-order valence-electron chi connectivity index (χ4n) is 1.95. The third kappa shape index (κ3) is 5.92. The van der Waals surface area contributed by atoms with E-state index in [1.807, 2.05) is 32.9 Å². The van der Waals surface area contributed by atoms with Crippen molar-refractivity contribution in [1.82, 2.24) is 0 Å². The van der Waals surface area contributed by atoms with E-state index in [9.17, 15) is 9.59 Å². The van der Waals surface area contributed by atoms with Crippen LogP contribution in [0.2, 0.25) is 0 Å². The van der Waals surface area contributed by atoms with Crippen molar-refractivity contribution >= 4 is 12.0 Å². The molecule has 0 amide bonds. The number of rotatable bonds is 6. The second-order valence-corrected chi connectivity index (χ2v) is 6.00. The highest BCUT2D eigenvalue weighted by molar-refractivity contribution is 5.89. The molecule has 4 nitrogen and oxygen atoms in total. The Balaban J connectivity index is 2.84. The molecule has 1 atom stereocenters. The van der Waals surface area contributed by atoms with Crippen molar-refractivity contribution in [1.29, 1.82) is 0 Å². The summed E-state index contributed by atoms with van der Waals surface area (Å²) >= 11 is 0. The minimum atomic E-state index is -0.513. The number of carbonyl (C=O) groups is 1. The van der Waals surface area contributed by atoms with Crippen LogP contribution < -0.4 is 0 Å². The molecule has 0 saturated carbocycles. The SMILES string of the molecule is CCCCC(N=C=O)c1ccc(C(=O)OC(C)(C)C)cc1. The summed E-state index contributed by atoms with van der Waals surface area (Å²) in [5.41, 5.74) is 0.901. The van der Waals surface area contributed by atoms with Gasteiger partial charge < -0.3 is 4.74 Å². The lowest BCUT2D eigenvalue weighted by Gasteiger charge is -2.19. The third-order valence-corrected chi connectivity index (χ3v) is 2.97. The molecule has 0 radical (unpaired) electrons. The predicted octanol–water partition coefficient (Wildman–Crippen LogP) is 4.21. The molecule has 0 N–H and O–H groups in total. The van der Waals surface area contributed by atoms with Crippen molar-refractivity contribution in [2.45, 2.75) is 58.6 Å². The number of aliphatic imine (C=N–C) groups is 1. The van der Waals surface area contributed by atoms with Gasteiger partial charge in [0.1, 0.15) is 5.60 Å². The fraction of sp³-hybridized carbons (Fsp3) is 0.529. The highest BCUT2D eigenvalue weighted by Crippen LogP contribution is 2.24. The van der Waals surface area contributed by atoms with Crippen LogP contribution in [0.4, 0.5) is 0 Å². The average Bonchev–Trinajstić information content (AvgIpc) is 2.42. The first-order valence-corrected chi connectivity index (χ1v) is 7.27. The highest BCUT2D eigenvalue weighted by atomic mass is 16.6. The van der Waals surface area contributed by atoms with Crippen molar-refractivity contribution in [3.05, 3.63) is 35.4 Å². The van der Waals surface area contributed by atoms with E-state index in [-0.39, 0.29) is 12.0 Å². The van der Waals surface area contributed by atoms with E-state index in [0.717, 1.165) is 24.8 Å². The molecule has 21 heavy (non-hydrogen) atoms. The molecule has 1 unspecified atom stereocenters. The number of esters is 1. The van der Waals surface area contributed by atoms with Gasteiger partial charge in [0.05, 0.1) is 11.6 Å². The Morgan fingerprint density at radius 1 is 1.29 bits per heavy atom. The second-order valence-electron chi connectivity index (χ2n) is 6.00. The Morgan fingerprint density at radius 3 is 2.38 bits per heavy atom. The molecule has 1 rings (SSSR count). The van der Waals surface area contributed by atoms with Crippen LogP contribution in [0, 0.1) is 0 Å². The predicted molar refractivity (Wildman–Crippen MR) is 82.0 cm³/mol. The minimum Gasteiger partial charge on any atom is -0.456 e. The summed E-state index contributed by atoms with van der Waals surface area (Å²) in [4.78, 5) is 26.3. The fourth-order valence-corrected chi connectivity index (χ4v) is 1.95. The third-order valence-electron chi connectivity index (χ3n) is 2.97. The van der Waals surface area contributed by atoms with Gasteiger partial charge in [0, 0.05) is 0 Å². The molecule has 0 aromatic heterocycles. The molecular weight excluding hydrogens is 266 g/mol. The number of hydrogen-bond donors (Lipinski definition) is 0. The maximum Gasteiger partial charge on any atom is 0.338 e. The first-order valence-electron chi connectivity index (χ1n) is 7.27. The van der Waals surface area contributed by atoms with Gasteiger partial charge >= 0.3 is 5.97 Å². The average molecular weight is 289 g/mol. The van der Waals surface area contributed by atoms with E-state index >= 15 is 0 Å². The zero-order valence-corrected chi connectivity index (χ0v) is 13.2. The van der Waals surface area contributed by atoms with Crippen molar-refractivity contribution in [2.24, 2.45) is 4.99 Å². The Morgan fingerprint density at radius 2 is 1.90 bits per heavy atom. The first-order chi connectivity index (χ1) is 9.87. The summed E-state index contributed by atoms with van der Waals surface area (Å²) in [5, 5.41) is 0. The summed E-state index contributed by atoms with van der Waals surface area (Å²) in [7, 11) is 0. The first kappa shape index (κ1) is 17.1. The Kier molecular flexibility index (Phi) is 6.32. The molecular formula is C17H23NO3. The van der Waals surface area contributed by atoms with Crippen molar-refractivity contribution in [3.63, 3.8) is 0 Å². The molecule has 0 aliphatic carbocycles. The molecule has 0 bridgehead atoms. The van der Waals surface area contributed by atoms with Crippen LogP contribution in [0.15, 0.2) is 29.3 Å². The van der Waals surface area contributed by atoms with Gasteiger partial charge in [-0.05, 0) is 44.9 Å². The van der Waals surface area contributed by atoms with Crippen LogP contribution in [0.1, 0.15) is 68.9 Å². The number of isocyanates is 1. The molecule has 0 aliphatic rings. The van der Waals surface area contributed by atoms with Crippen molar-refractivity contribution < 1.29 is 14.3 Å². The topological polar surface area (TPSA) is 55.7 Å². The number of ether oxygens (including phenoxy) is 1. The van der Waals surface area contributed by atoms with Gasteiger partial charge in [-0.1, -0.05) is 31.9 Å². The molecule has 0 spiro atoms. The quantitative estimate of drug-likeness (QED) is 0.448. The van der Waals surface area contributed by atoms with Gasteiger partial charge in [-0.3, -0.25) is 0 Å².